The molecule has 0 radical (unpaired) electrons. The molecule has 2 aromatic rings. The topological polar surface area (TPSA) is 75.0 Å². The molecule has 0 saturated heterocycles. The fourth-order valence-corrected chi connectivity index (χ4v) is 2.75. The van der Waals surface area contributed by atoms with Gasteiger partial charge in [-0.15, -0.1) is 0 Å². The van der Waals surface area contributed by atoms with E-state index >= 15 is 0 Å². The van der Waals surface area contributed by atoms with Gasteiger partial charge in [0.05, 0.1) is 5.69 Å². The first kappa shape index (κ1) is 19.2. The number of amides is 1. The van der Waals surface area contributed by atoms with Crippen molar-refractivity contribution < 1.29 is 4.79 Å². The standard InChI is InChI=1S/C20H30N4O/c1-16(21)12-13-20(25)24(2)14-8-4-7-11-18-15-19(23-22-18)17-9-5-3-6-10-17/h3,5-6,9-10,15-16H,4,7-8,11-14,21H2,1-2H3,(H,22,23). The molecule has 0 saturated carbocycles. The van der Waals surface area contributed by atoms with Gasteiger partial charge in [0.2, 0.25) is 5.91 Å². The van der Waals surface area contributed by atoms with Gasteiger partial charge in [0.15, 0.2) is 0 Å². The summed E-state index contributed by atoms with van der Waals surface area (Å²) in [6, 6.07) is 12.4. The molecule has 5 heteroatoms. The molecule has 1 amide bonds. The molecule has 0 aliphatic heterocycles. The highest BCUT2D eigenvalue weighted by atomic mass is 16.2. The zero-order chi connectivity index (χ0) is 18.1. The summed E-state index contributed by atoms with van der Waals surface area (Å²) in [7, 11) is 1.88. The number of benzene rings is 1. The van der Waals surface area contributed by atoms with Crippen molar-refractivity contribution >= 4 is 5.91 Å². The summed E-state index contributed by atoms with van der Waals surface area (Å²) in [5.74, 6) is 0.193. The second-order valence-electron chi connectivity index (χ2n) is 6.79. The molecule has 0 fully saturated rings. The number of nitrogens with two attached hydrogens (primary N) is 1. The Balaban J connectivity index is 1.63. The Morgan fingerprint density at radius 1 is 1.24 bits per heavy atom. The Bertz CT molecular complexity index is 636. The normalized spacial score (nSPS) is 12.1. The third kappa shape index (κ3) is 6.70. The molecule has 1 heterocycles. The predicted octanol–water partition coefficient (Wildman–Crippen LogP) is 3.38. The maximum absolute atomic E-state index is 11.9. The van der Waals surface area contributed by atoms with Crippen LogP contribution in [0.5, 0.6) is 0 Å². The minimum atomic E-state index is 0.0903. The van der Waals surface area contributed by atoms with Crippen LogP contribution in [0.2, 0.25) is 0 Å². The number of H-pyrrole nitrogens is 1. The minimum Gasteiger partial charge on any atom is -0.346 e. The van der Waals surface area contributed by atoms with Gasteiger partial charge in [0.1, 0.15) is 0 Å². The number of nitrogens with one attached hydrogen (secondary N) is 1. The molecule has 1 aromatic carbocycles. The van der Waals surface area contributed by atoms with Crippen LogP contribution in [0.25, 0.3) is 11.3 Å². The number of aromatic amines is 1. The lowest BCUT2D eigenvalue weighted by molar-refractivity contribution is -0.130. The molecule has 2 rings (SSSR count). The zero-order valence-electron chi connectivity index (χ0n) is 15.4. The highest BCUT2D eigenvalue weighted by molar-refractivity contribution is 5.75. The second-order valence-corrected chi connectivity index (χ2v) is 6.79. The molecular weight excluding hydrogens is 312 g/mol. The summed E-state index contributed by atoms with van der Waals surface area (Å²) >= 11 is 0. The van der Waals surface area contributed by atoms with E-state index in [1.54, 1.807) is 0 Å². The number of nitrogens with zero attached hydrogens (tertiary/aromatic N) is 2. The predicted molar refractivity (Wildman–Crippen MR) is 102 cm³/mol. The van der Waals surface area contributed by atoms with E-state index in [0.29, 0.717) is 6.42 Å². The fraction of sp³-hybridized carbons (Fsp3) is 0.500. The van der Waals surface area contributed by atoms with Gasteiger partial charge in [-0.3, -0.25) is 9.89 Å². The Hall–Kier alpha value is -2.14. The van der Waals surface area contributed by atoms with E-state index in [0.717, 1.165) is 49.9 Å². The van der Waals surface area contributed by atoms with Gasteiger partial charge >= 0.3 is 0 Å². The van der Waals surface area contributed by atoms with Gasteiger partial charge in [-0.05, 0) is 38.7 Å². The number of hydrogen-bond donors (Lipinski definition) is 2. The SMILES string of the molecule is CC(N)CCC(=O)N(C)CCCCCc1cc(-c2ccccc2)n[nH]1. The molecule has 1 aromatic heterocycles. The van der Waals surface area contributed by atoms with Crippen molar-refractivity contribution in [2.75, 3.05) is 13.6 Å². The maximum atomic E-state index is 11.9. The van der Waals surface area contributed by atoms with Crippen molar-refractivity contribution in [3.05, 3.63) is 42.1 Å². The molecule has 1 unspecified atom stereocenters. The number of carbonyl (C=O) groups excluding carboxylic acids is 1. The van der Waals surface area contributed by atoms with Crippen molar-refractivity contribution in [2.45, 2.75) is 51.5 Å². The van der Waals surface area contributed by atoms with Gasteiger partial charge in [0, 0.05) is 37.3 Å². The first-order valence-corrected chi connectivity index (χ1v) is 9.15. The van der Waals surface area contributed by atoms with Gasteiger partial charge in [-0.25, -0.2) is 0 Å². The molecule has 3 N–H and O–H groups in total. The smallest absolute Gasteiger partial charge is 0.222 e. The van der Waals surface area contributed by atoms with Gasteiger partial charge in [-0.1, -0.05) is 36.8 Å². The molecule has 25 heavy (non-hydrogen) atoms. The molecule has 0 aliphatic carbocycles. The highest BCUT2D eigenvalue weighted by Gasteiger charge is 2.09. The average Bonchev–Trinajstić information content (AvgIpc) is 3.08. The molecule has 136 valence electrons. The lowest BCUT2D eigenvalue weighted by Crippen LogP contribution is -2.29. The van der Waals surface area contributed by atoms with Crippen LogP contribution in [0.1, 0.15) is 44.7 Å². The van der Waals surface area contributed by atoms with E-state index in [1.165, 1.54) is 5.69 Å². The van der Waals surface area contributed by atoms with Crippen LogP contribution in [0.15, 0.2) is 36.4 Å². The summed E-state index contributed by atoms with van der Waals surface area (Å²) < 4.78 is 0. The van der Waals surface area contributed by atoms with E-state index in [4.69, 9.17) is 5.73 Å². The Labute approximate surface area is 150 Å². The van der Waals surface area contributed by atoms with Crippen LogP contribution in [0, 0.1) is 0 Å². The summed E-state index contributed by atoms with van der Waals surface area (Å²) in [4.78, 5) is 13.8. The molecule has 1 atom stereocenters. The quantitative estimate of drug-likeness (QED) is 0.650. The third-order valence-corrected chi connectivity index (χ3v) is 4.38. The average molecular weight is 342 g/mol. The maximum Gasteiger partial charge on any atom is 0.222 e. The Kier molecular flexibility index (Phi) is 7.67. The Morgan fingerprint density at radius 3 is 2.72 bits per heavy atom. The van der Waals surface area contributed by atoms with Crippen molar-refractivity contribution in [3.8, 4) is 11.3 Å². The number of aryl methyl sites for hydroxylation is 1. The van der Waals surface area contributed by atoms with Crippen molar-refractivity contribution in [3.63, 3.8) is 0 Å². The van der Waals surface area contributed by atoms with Crippen molar-refractivity contribution in [2.24, 2.45) is 5.73 Å². The van der Waals surface area contributed by atoms with E-state index in [1.807, 2.05) is 37.1 Å². The van der Waals surface area contributed by atoms with Crippen LogP contribution in [-0.2, 0) is 11.2 Å². The van der Waals surface area contributed by atoms with Gasteiger partial charge in [-0.2, -0.15) is 5.10 Å². The lowest BCUT2D eigenvalue weighted by Gasteiger charge is -2.17. The number of hydrogen-bond acceptors (Lipinski definition) is 3. The van der Waals surface area contributed by atoms with Crippen LogP contribution in [0.4, 0.5) is 0 Å². The van der Waals surface area contributed by atoms with Crippen LogP contribution in [0.3, 0.4) is 0 Å². The number of unbranched alkanes of at least 4 members (excludes halogenated alkanes) is 2. The van der Waals surface area contributed by atoms with E-state index < -0.39 is 0 Å². The van der Waals surface area contributed by atoms with Crippen LogP contribution >= 0.6 is 0 Å². The largest absolute Gasteiger partial charge is 0.346 e. The van der Waals surface area contributed by atoms with Crippen LogP contribution in [-0.4, -0.2) is 40.6 Å². The van der Waals surface area contributed by atoms with Gasteiger partial charge < -0.3 is 10.6 Å². The first-order valence-electron chi connectivity index (χ1n) is 9.15. The number of rotatable bonds is 10. The molecular formula is C20H30N4O. The highest BCUT2D eigenvalue weighted by Crippen LogP contribution is 2.17. The molecule has 5 nitrogen and oxygen atoms in total. The van der Waals surface area contributed by atoms with E-state index in [2.05, 4.69) is 28.4 Å². The fourth-order valence-electron chi connectivity index (χ4n) is 2.75. The van der Waals surface area contributed by atoms with E-state index in [9.17, 15) is 4.79 Å². The zero-order valence-corrected chi connectivity index (χ0v) is 15.4. The monoisotopic (exact) mass is 342 g/mol. The first-order chi connectivity index (χ1) is 12.1. The van der Waals surface area contributed by atoms with E-state index in [-0.39, 0.29) is 11.9 Å². The van der Waals surface area contributed by atoms with Crippen molar-refractivity contribution in [1.82, 2.24) is 15.1 Å². The van der Waals surface area contributed by atoms with Gasteiger partial charge in [0.25, 0.3) is 0 Å². The molecule has 0 bridgehead atoms. The number of aromatic nitrogens is 2. The lowest BCUT2D eigenvalue weighted by atomic mass is 10.1. The third-order valence-electron chi connectivity index (χ3n) is 4.38. The Morgan fingerprint density at radius 2 is 2.00 bits per heavy atom. The van der Waals surface area contributed by atoms with Crippen LogP contribution < -0.4 is 5.73 Å². The number of carbonyl (C=O) groups is 1. The summed E-state index contributed by atoms with van der Waals surface area (Å²) in [6.45, 7) is 2.75. The summed E-state index contributed by atoms with van der Waals surface area (Å²) in [5, 5.41) is 7.51. The molecule has 0 aliphatic rings. The van der Waals surface area contributed by atoms with Crippen molar-refractivity contribution in [1.29, 1.82) is 0 Å². The minimum absolute atomic E-state index is 0.0903. The second kappa shape index (κ2) is 9.99. The summed E-state index contributed by atoms with van der Waals surface area (Å²) in [5.41, 5.74) is 8.99. The summed E-state index contributed by atoms with van der Waals surface area (Å²) in [6.07, 6.45) is 5.52. The molecule has 0 spiro atoms.